The second-order valence-electron chi connectivity index (χ2n) is 3.57. The molecule has 0 aliphatic rings. The normalized spacial score (nSPS) is 10.4. The number of nitrogens with one attached hydrogen (secondary N) is 1. The molecule has 0 saturated carbocycles. The first-order valence-corrected chi connectivity index (χ1v) is 7.40. The molecule has 0 fully saturated rings. The third-order valence-electron chi connectivity index (χ3n) is 2.05. The van der Waals surface area contributed by atoms with Crippen LogP contribution in [0.2, 0.25) is 0 Å². The molecular formula is C12H21N3O2S. The number of ether oxygens (including phenoxy) is 2. The summed E-state index contributed by atoms with van der Waals surface area (Å²) in [5, 5.41) is 3.86. The standard InChI is InChI=1S/C12H21N3O2S/c1-4-6-16-7-8-17-11-9-10(13-5-2)14-12(15-11)18-3/h9H,4-8H2,1-3H3,(H,13,14,15). The molecule has 18 heavy (non-hydrogen) atoms. The van der Waals surface area contributed by atoms with Crippen LogP contribution in [0, 0.1) is 0 Å². The highest BCUT2D eigenvalue weighted by molar-refractivity contribution is 7.98. The molecule has 1 heterocycles. The predicted octanol–water partition coefficient (Wildman–Crippen LogP) is 2.44. The van der Waals surface area contributed by atoms with E-state index >= 15 is 0 Å². The molecule has 1 aromatic rings. The number of rotatable bonds is 9. The summed E-state index contributed by atoms with van der Waals surface area (Å²) < 4.78 is 10.9. The van der Waals surface area contributed by atoms with Gasteiger partial charge >= 0.3 is 0 Å². The second-order valence-corrected chi connectivity index (χ2v) is 4.34. The van der Waals surface area contributed by atoms with Crippen LogP contribution in [0.1, 0.15) is 20.3 Å². The molecule has 5 nitrogen and oxygen atoms in total. The highest BCUT2D eigenvalue weighted by Crippen LogP contribution is 2.18. The van der Waals surface area contributed by atoms with Gasteiger partial charge in [0.05, 0.1) is 6.61 Å². The van der Waals surface area contributed by atoms with Crippen LogP contribution in [-0.2, 0) is 4.74 Å². The van der Waals surface area contributed by atoms with Crippen LogP contribution in [0.3, 0.4) is 0 Å². The van der Waals surface area contributed by atoms with Crippen molar-refractivity contribution in [3.05, 3.63) is 6.07 Å². The lowest BCUT2D eigenvalue weighted by Gasteiger charge is -2.09. The molecule has 1 N–H and O–H groups in total. The lowest BCUT2D eigenvalue weighted by molar-refractivity contribution is 0.0987. The van der Waals surface area contributed by atoms with Crippen LogP contribution in [0.4, 0.5) is 5.82 Å². The summed E-state index contributed by atoms with van der Waals surface area (Å²) in [5.74, 6) is 1.38. The molecule has 0 aliphatic heterocycles. The van der Waals surface area contributed by atoms with E-state index in [4.69, 9.17) is 9.47 Å². The summed E-state index contributed by atoms with van der Waals surface area (Å²) in [7, 11) is 0. The van der Waals surface area contributed by atoms with Crippen molar-refractivity contribution in [1.29, 1.82) is 0 Å². The van der Waals surface area contributed by atoms with Crippen LogP contribution < -0.4 is 10.1 Å². The predicted molar refractivity (Wildman–Crippen MR) is 74.6 cm³/mol. The average molecular weight is 271 g/mol. The minimum absolute atomic E-state index is 0.510. The third kappa shape index (κ3) is 5.55. The molecule has 0 radical (unpaired) electrons. The zero-order chi connectivity index (χ0) is 13.2. The quantitative estimate of drug-likeness (QED) is 0.423. The van der Waals surface area contributed by atoms with Crippen molar-refractivity contribution in [2.75, 3.05) is 37.9 Å². The van der Waals surface area contributed by atoms with Gasteiger partial charge < -0.3 is 14.8 Å². The largest absolute Gasteiger partial charge is 0.475 e. The molecule has 0 unspecified atom stereocenters. The Morgan fingerprint density at radius 1 is 1.22 bits per heavy atom. The first-order chi connectivity index (χ1) is 8.80. The van der Waals surface area contributed by atoms with Crippen molar-refractivity contribution in [1.82, 2.24) is 9.97 Å². The van der Waals surface area contributed by atoms with Gasteiger partial charge in [-0.05, 0) is 19.6 Å². The third-order valence-corrected chi connectivity index (χ3v) is 2.60. The molecule has 0 atom stereocenters. The van der Waals surface area contributed by atoms with E-state index in [0.717, 1.165) is 25.4 Å². The fourth-order valence-corrected chi connectivity index (χ4v) is 1.66. The van der Waals surface area contributed by atoms with Gasteiger partial charge in [0.25, 0.3) is 0 Å². The molecule has 0 saturated heterocycles. The lowest BCUT2D eigenvalue weighted by atomic mass is 10.5. The first kappa shape index (κ1) is 15.0. The van der Waals surface area contributed by atoms with Gasteiger partial charge in [-0.1, -0.05) is 18.7 Å². The van der Waals surface area contributed by atoms with Crippen molar-refractivity contribution in [2.45, 2.75) is 25.4 Å². The van der Waals surface area contributed by atoms with E-state index in [-0.39, 0.29) is 0 Å². The summed E-state index contributed by atoms with van der Waals surface area (Å²) in [5.41, 5.74) is 0. The van der Waals surface area contributed by atoms with Gasteiger partial charge in [0.15, 0.2) is 5.16 Å². The Balaban J connectivity index is 2.50. The monoisotopic (exact) mass is 271 g/mol. The maximum Gasteiger partial charge on any atom is 0.219 e. The summed E-state index contributed by atoms with van der Waals surface area (Å²) in [6.07, 6.45) is 2.97. The van der Waals surface area contributed by atoms with Crippen LogP contribution in [0.15, 0.2) is 11.2 Å². The smallest absolute Gasteiger partial charge is 0.219 e. The van der Waals surface area contributed by atoms with Crippen molar-refractivity contribution >= 4 is 17.6 Å². The van der Waals surface area contributed by atoms with Gasteiger partial charge in [-0.3, -0.25) is 0 Å². The zero-order valence-electron chi connectivity index (χ0n) is 11.2. The lowest BCUT2D eigenvalue weighted by Crippen LogP contribution is -2.09. The molecule has 0 bridgehead atoms. The number of hydrogen-bond acceptors (Lipinski definition) is 6. The van der Waals surface area contributed by atoms with E-state index in [1.165, 1.54) is 11.8 Å². The molecule has 0 aromatic carbocycles. The molecule has 0 spiro atoms. The van der Waals surface area contributed by atoms with Crippen LogP contribution in [0.25, 0.3) is 0 Å². The Kier molecular flexibility index (Phi) is 7.52. The van der Waals surface area contributed by atoms with E-state index in [1.54, 1.807) is 0 Å². The van der Waals surface area contributed by atoms with Gasteiger partial charge in [-0.25, -0.2) is 4.98 Å². The SMILES string of the molecule is CCCOCCOc1cc(NCC)nc(SC)n1. The van der Waals surface area contributed by atoms with Gasteiger partial charge in [-0.2, -0.15) is 4.98 Å². The van der Waals surface area contributed by atoms with Crippen LogP contribution in [0.5, 0.6) is 5.88 Å². The Morgan fingerprint density at radius 3 is 2.72 bits per heavy atom. The Labute approximate surface area is 113 Å². The van der Waals surface area contributed by atoms with E-state index in [1.807, 2.05) is 19.2 Å². The Bertz CT molecular complexity index is 350. The first-order valence-electron chi connectivity index (χ1n) is 6.17. The van der Waals surface area contributed by atoms with Crippen molar-refractivity contribution in [3.63, 3.8) is 0 Å². The van der Waals surface area contributed by atoms with Crippen molar-refractivity contribution in [3.8, 4) is 5.88 Å². The summed E-state index contributed by atoms with van der Waals surface area (Å²) in [6.45, 7) is 6.80. The molecule has 1 rings (SSSR count). The van der Waals surface area contributed by atoms with Gasteiger partial charge in [-0.15, -0.1) is 0 Å². The summed E-state index contributed by atoms with van der Waals surface area (Å²) in [6, 6.07) is 1.81. The summed E-state index contributed by atoms with van der Waals surface area (Å²) in [4.78, 5) is 8.61. The molecule has 6 heteroatoms. The second kappa shape index (κ2) is 8.99. The molecule has 1 aromatic heterocycles. The maximum absolute atomic E-state index is 5.55. The fourth-order valence-electron chi connectivity index (χ4n) is 1.29. The number of hydrogen-bond donors (Lipinski definition) is 1. The Morgan fingerprint density at radius 2 is 2.06 bits per heavy atom. The maximum atomic E-state index is 5.55. The number of aromatic nitrogens is 2. The van der Waals surface area contributed by atoms with Gasteiger partial charge in [0.1, 0.15) is 12.4 Å². The van der Waals surface area contributed by atoms with Crippen molar-refractivity contribution in [2.24, 2.45) is 0 Å². The highest BCUT2D eigenvalue weighted by atomic mass is 32.2. The molecule has 0 amide bonds. The summed E-state index contributed by atoms with van der Waals surface area (Å²) >= 11 is 1.50. The number of anilines is 1. The fraction of sp³-hybridized carbons (Fsp3) is 0.667. The van der Waals surface area contributed by atoms with Gasteiger partial charge in [0, 0.05) is 19.2 Å². The van der Waals surface area contributed by atoms with E-state index < -0.39 is 0 Å². The topological polar surface area (TPSA) is 56.3 Å². The molecule has 102 valence electrons. The molecule has 0 aliphatic carbocycles. The number of nitrogens with zero attached hydrogens (tertiary/aromatic N) is 2. The molecular weight excluding hydrogens is 250 g/mol. The Hall–Kier alpha value is -1.01. The van der Waals surface area contributed by atoms with Crippen LogP contribution >= 0.6 is 11.8 Å². The highest BCUT2D eigenvalue weighted by Gasteiger charge is 2.04. The minimum atomic E-state index is 0.510. The van der Waals surface area contributed by atoms with E-state index in [2.05, 4.69) is 22.2 Å². The van der Waals surface area contributed by atoms with Crippen molar-refractivity contribution < 1.29 is 9.47 Å². The van der Waals surface area contributed by atoms with E-state index in [9.17, 15) is 0 Å². The average Bonchev–Trinajstić information content (AvgIpc) is 2.38. The zero-order valence-corrected chi connectivity index (χ0v) is 12.0. The van der Waals surface area contributed by atoms with Crippen LogP contribution in [-0.4, -0.2) is 42.6 Å². The minimum Gasteiger partial charge on any atom is -0.475 e. The number of thioether (sulfide) groups is 1. The van der Waals surface area contributed by atoms with Gasteiger partial charge in [0.2, 0.25) is 5.88 Å². The van der Waals surface area contributed by atoms with E-state index in [0.29, 0.717) is 24.3 Å².